The first-order valence-corrected chi connectivity index (χ1v) is 8.12. The van der Waals surface area contributed by atoms with Gasteiger partial charge in [-0.2, -0.15) is 13.2 Å². The van der Waals surface area contributed by atoms with Crippen LogP contribution in [0.3, 0.4) is 0 Å². The van der Waals surface area contributed by atoms with Crippen LogP contribution < -0.4 is 10.3 Å². The highest BCUT2D eigenvalue weighted by atomic mass is 19.4. The molecule has 0 aliphatic carbocycles. The molecule has 0 bridgehead atoms. The Kier molecular flexibility index (Phi) is 4.71. The van der Waals surface area contributed by atoms with E-state index in [0.29, 0.717) is 5.75 Å². The van der Waals surface area contributed by atoms with E-state index in [1.807, 2.05) is 6.92 Å². The Bertz CT molecular complexity index is 993. The average molecular weight is 362 g/mol. The summed E-state index contributed by atoms with van der Waals surface area (Å²) in [5, 5.41) is 0. The Balaban J connectivity index is 2.29. The average Bonchev–Trinajstić information content (AvgIpc) is 2.61. The summed E-state index contributed by atoms with van der Waals surface area (Å²) in [6.07, 6.45) is -1.65. The number of alkyl halides is 3. The highest BCUT2D eigenvalue weighted by molar-refractivity contribution is 5.68. The second-order valence-electron chi connectivity index (χ2n) is 5.88. The van der Waals surface area contributed by atoms with E-state index < -0.39 is 23.0 Å². The molecular weight excluding hydrogens is 345 g/mol. The molecule has 2 heterocycles. The number of hydrogen-bond donors (Lipinski definition) is 0. The first-order chi connectivity index (χ1) is 12.3. The molecule has 0 unspecified atom stereocenters. The van der Waals surface area contributed by atoms with Crippen molar-refractivity contribution in [3.05, 3.63) is 64.2 Å². The van der Waals surface area contributed by atoms with Crippen LogP contribution in [0.15, 0.2) is 47.4 Å². The van der Waals surface area contributed by atoms with Crippen molar-refractivity contribution in [1.29, 1.82) is 0 Å². The zero-order chi connectivity index (χ0) is 18.9. The van der Waals surface area contributed by atoms with Crippen LogP contribution in [-0.2, 0) is 12.6 Å². The summed E-state index contributed by atoms with van der Waals surface area (Å²) in [6.45, 7) is 2.02. The molecule has 7 heteroatoms. The fourth-order valence-electron chi connectivity index (χ4n) is 2.84. The van der Waals surface area contributed by atoms with Gasteiger partial charge in [-0.15, -0.1) is 0 Å². The molecule has 4 nitrogen and oxygen atoms in total. The summed E-state index contributed by atoms with van der Waals surface area (Å²) >= 11 is 0. The third-order valence-corrected chi connectivity index (χ3v) is 4.09. The number of benzene rings is 1. The van der Waals surface area contributed by atoms with Crippen molar-refractivity contribution in [1.82, 2.24) is 9.38 Å². The number of aryl methyl sites for hydroxylation is 1. The molecule has 2 aromatic heterocycles. The lowest BCUT2D eigenvalue weighted by Gasteiger charge is -2.14. The van der Waals surface area contributed by atoms with Gasteiger partial charge in [-0.1, -0.05) is 37.6 Å². The number of nitrogens with zero attached hydrogens (tertiary/aromatic N) is 2. The van der Waals surface area contributed by atoms with Crippen molar-refractivity contribution in [3.63, 3.8) is 0 Å². The smallest absolute Gasteiger partial charge is 0.434 e. The largest absolute Gasteiger partial charge is 0.497 e. The van der Waals surface area contributed by atoms with E-state index in [2.05, 4.69) is 4.98 Å². The van der Waals surface area contributed by atoms with Crippen molar-refractivity contribution in [2.45, 2.75) is 25.9 Å². The van der Waals surface area contributed by atoms with Crippen molar-refractivity contribution in [2.24, 2.45) is 0 Å². The van der Waals surface area contributed by atoms with E-state index in [1.165, 1.54) is 37.6 Å². The summed E-state index contributed by atoms with van der Waals surface area (Å²) in [4.78, 5) is 16.5. The molecule has 0 spiro atoms. The lowest BCUT2D eigenvalue weighted by Crippen LogP contribution is -2.24. The summed E-state index contributed by atoms with van der Waals surface area (Å²) in [5.41, 5.74) is -1.34. The lowest BCUT2D eigenvalue weighted by molar-refractivity contribution is -0.140. The van der Waals surface area contributed by atoms with E-state index in [4.69, 9.17) is 4.74 Å². The first-order valence-electron chi connectivity index (χ1n) is 8.12. The Morgan fingerprint density at radius 2 is 1.85 bits per heavy atom. The van der Waals surface area contributed by atoms with E-state index in [9.17, 15) is 18.0 Å². The highest BCUT2D eigenvalue weighted by Crippen LogP contribution is 2.34. The molecule has 0 saturated heterocycles. The molecule has 0 fully saturated rings. The van der Waals surface area contributed by atoms with Crippen LogP contribution >= 0.6 is 0 Å². The number of aromatic nitrogens is 2. The number of halogens is 3. The van der Waals surface area contributed by atoms with Gasteiger partial charge in [-0.3, -0.25) is 9.20 Å². The summed E-state index contributed by atoms with van der Waals surface area (Å²) in [5.74, 6) is 0.321. The second kappa shape index (κ2) is 6.82. The quantitative estimate of drug-likeness (QED) is 0.693. The Hall–Kier alpha value is -2.83. The number of rotatable bonds is 4. The maximum absolute atomic E-state index is 13.6. The number of fused-ring (bicyclic) bond motifs is 1. The van der Waals surface area contributed by atoms with Gasteiger partial charge >= 0.3 is 6.18 Å². The Morgan fingerprint density at radius 3 is 2.42 bits per heavy atom. The zero-order valence-corrected chi connectivity index (χ0v) is 14.3. The molecule has 0 saturated carbocycles. The number of hydrogen-bond acceptors (Lipinski definition) is 3. The van der Waals surface area contributed by atoms with Crippen LogP contribution in [0.1, 0.15) is 24.6 Å². The minimum atomic E-state index is -4.76. The van der Waals surface area contributed by atoms with Crippen molar-refractivity contribution in [3.8, 4) is 16.9 Å². The second-order valence-corrected chi connectivity index (χ2v) is 5.88. The predicted molar refractivity (Wildman–Crippen MR) is 92.4 cm³/mol. The van der Waals surface area contributed by atoms with Gasteiger partial charge in [0, 0.05) is 12.3 Å². The van der Waals surface area contributed by atoms with Gasteiger partial charge in [-0.25, -0.2) is 4.98 Å². The van der Waals surface area contributed by atoms with Gasteiger partial charge < -0.3 is 4.74 Å². The van der Waals surface area contributed by atoms with Crippen molar-refractivity contribution >= 4 is 5.65 Å². The number of methoxy groups -OCH3 is 1. The third-order valence-electron chi connectivity index (χ3n) is 4.09. The summed E-state index contributed by atoms with van der Waals surface area (Å²) in [6, 6.07) is 9.34. The molecule has 26 heavy (non-hydrogen) atoms. The van der Waals surface area contributed by atoms with Crippen LogP contribution in [0.2, 0.25) is 0 Å². The normalized spacial score (nSPS) is 11.7. The van der Waals surface area contributed by atoms with Crippen LogP contribution in [0.25, 0.3) is 16.8 Å². The molecule has 136 valence electrons. The van der Waals surface area contributed by atoms with E-state index in [1.54, 1.807) is 12.1 Å². The summed E-state index contributed by atoms with van der Waals surface area (Å²) in [7, 11) is 1.39. The molecular formula is C19H17F3N2O2. The van der Waals surface area contributed by atoms with Crippen LogP contribution in [0, 0.1) is 0 Å². The van der Waals surface area contributed by atoms with Gasteiger partial charge in [0.2, 0.25) is 0 Å². The van der Waals surface area contributed by atoms with E-state index in [-0.39, 0.29) is 11.2 Å². The predicted octanol–water partition coefficient (Wildman–Crippen LogP) is 4.34. The molecule has 0 aliphatic rings. The van der Waals surface area contributed by atoms with Gasteiger partial charge in [0.15, 0.2) is 5.69 Å². The monoisotopic (exact) mass is 362 g/mol. The standard InChI is InChI=1S/C19H17F3N2O2/c1-3-4-12-5-7-13(8-6-12)16-17(19(20,21)22)23-15-11-14(26-2)9-10-24(15)18(16)25/h5-11H,3-4H2,1-2H3. The van der Waals surface area contributed by atoms with Crippen molar-refractivity contribution < 1.29 is 17.9 Å². The molecule has 1 aromatic carbocycles. The minimum absolute atomic E-state index is 0.118. The maximum atomic E-state index is 13.6. The topological polar surface area (TPSA) is 43.6 Å². The molecule has 3 rings (SSSR count). The molecule has 0 amide bonds. The summed E-state index contributed by atoms with van der Waals surface area (Å²) < 4.78 is 46.8. The van der Waals surface area contributed by atoms with Gasteiger partial charge in [-0.05, 0) is 23.6 Å². The maximum Gasteiger partial charge on any atom is 0.434 e. The van der Waals surface area contributed by atoms with Gasteiger partial charge in [0.1, 0.15) is 11.4 Å². The van der Waals surface area contributed by atoms with Crippen LogP contribution in [0.4, 0.5) is 13.2 Å². The fourth-order valence-corrected chi connectivity index (χ4v) is 2.84. The van der Waals surface area contributed by atoms with Gasteiger partial charge in [0.05, 0.1) is 12.7 Å². The molecule has 3 aromatic rings. The Labute approximate surface area is 147 Å². The van der Waals surface area contributed by atoms with E-state index in [0.717, 1.165) is 22.8 Å². The number of pyridine rings is 1. The van der Waals surface area contributed by atoms with Crippen LogP contribution in [-0.4, -0.2) is 16.5 Å². The molecule has 0 atom stereocenters. The molecule has 0 aliphatic heterocycles. The minimum Gasteiger partial charge on any atom is -0.497 e. The zero-order valence-electron chi connectivity index (χ0n) is 14.3. The molecule has 0 radical (unpaired) electrons. The van der Waals surface area contributed by atoms with E-state index >= 15 is 0 Å². The highest BCUT2D eigenvalue weighted by Gasteiger charge is 2.38. The first kappa shape index (κ1) is 18.0. The van der Waals surface area contributed by atoms with Crippen LogP contribution in [0.5, 0.6) is 5.75 Å². The molecule has 0 N–H and O–H groups in total. The van der Waals surface area contributed by atoms with Crippen molar-refractivity contribution in [2.75, 3.05) is 7.11 Å². The van der Waals surface area contributed by atoms with Gasteiger partial charge in [0.25, 0.3) is 5.56 Å². The fraction of sp³-hybridized carbons (Fsp3) is 0.263. The SMILES string of the molecule is CCCc1ccc(-c2c(C(F)(F)F)nc3cc(OC)ccn3c2=O)cc1. The number of ether oxygens (including phenoxy) is 1. The third kappa shape index (κ3) is 3.29. The lowest BCUT2D eigenvalue weighted by atomic mass is 10.0. The Morgan fingerprint density at radius 1 is 1.15 bits per heavy atom.